The number of nitrogens with one attached hydrogen (secondary N) is 1. The maximum Gasteiger partial charge on any atom is 0.247 e. The predicted octanol–water partition coefficient (Wildman–Crippen LogP) is 1.80. The van der Waals surface area contributed by atoms with E-state index in [1.165, 1.54) is 11.9 Å². The lowest BCUT2D eigenvalue weighted by atomic mass is 10.0. The number of carbonyl (C=O) groups excluding carboxylic acids is 2. The number of aliphatic hydroxyl groups excluding tert-OH is 1. The van der Waals surface area contributed by atoms with Crippen molar-refractivity contribution in [2.45, 2.75) is 19.0 Å². The Hall–Kier alpha value is -2.46. The first kappa shape index (κ1) is 25.8. The van der Waals surface area contributed by atoms with Crippen LogP contribution in [0.5, 0.6) is 0 Å². The molecule has 0 fully saturated rings. The van der Waals surface area contributed by atoms with E-state index >= 15 is 0 Å². The van der Waals surface area contributed by atoms with E-state index in [-0.39, 0.29) is 19.7 Å². The number of aliphatic hydroxyl groups is 1. The Bertz CT molecular complexity index is 1000. The number of hydrogen-bond donors (Lipinski definition) is 2. The number of benzene rings is 2. The molecule has 0 aliphatic rings. The number of rotatable bonds is 11. The Morgan fingerprint density at radius 1 is 1.09 bits per heavy atom. The summed E-state index contributed by atoms with van der Waals surface area (Å²) in [5, 5.41) is 12.3. The van der Waals surface area contributed by atoms with Crippen molar-refractivity contribution in [3.05, 3.63) is 70.7 Å². The summed E-state index contributed by atoms with van der Waals surface area (Å²) >= 11 is 5.97. The molecule has 2 aromatic carbocycles. The molecule has 0 radical (unpaired) electrons. The third kappa shape index (κ3) is 7.59. The summed E-state index contributed by atoms with van der Waals surface area (Å²) in [6.07, 6.45) is 1.38. The minimum atomic E-state index is -3.60. The zero-order chi connectivity index (χ0) is 23.7. The van der Waals surface area contributed by atoms with Crippen LogP contribution in [0, 0.1) is 0 Å². The second kappa shape index (κ2) is 12.0. The molecule has 2 amide bonds. The molecule has 2 aromatic rings. The second-order valence-electron chi connectivity index (χ2n) is 7.35. The molecule has 0 aliphatic heterocycles. The summed E-state index contributed by atoms with van der Waals surface area (Å²) in [5.41, 5.74) is 1.31. The summed E-state index contributed by atoms with van der Waals surface area (Å²) in [4.78, 5) is 27.8. The van der Waals surface area contributed by atoms with Gasteiger partial charge in [0.2, 0.25) is 21.8 Å². The summed E-state index contributed by atoms with van der Waals surface area (Å²) in [5.74, 6) is -0.951. The molecule has 0 aromatic heterocycles. The first-order chi connectivity index (χ1) is 15.1. The van der Waals surface area contributed by atoms with Crippen LogP contribution in [0.15, 0.2) is 54.6 Å². The zero-order valence-electron chi connectivity index (χ0n) is 18.1. The van der Waals surface area contributed by atoms with Gasteiger partial charge in [-0.25, -0.2) is 8.42 Å². The highest BCUT2D eigenvalue weighted by Crippen LogP contribution is 2.25. The fourth-order valence-electron chi connectivity index (χ4n) is 3.00. The maximum atomic E-state index is 13.3. The molecule has 0 unspecified atom stereocenters. The Morgan fingerprint density at radius 3 is 2.28 bits per heavy atom. The molecule has 174 valence electrons. The van der Waals surface area contributed by atoms with Crippen molar-refractivity contribution in [2.24, 2.45) is 0 Å². The van der Waals surface area contributed by atoms with E-state index < -0.39 is 34.4 Å². The van der Waals surface area contributed by atoms with Crippen molar-refractivity contribution in [1.29, 1.82) is 0 Å². The molecule has 8 nitrogen and oxygen atoms in total. The van der Waals surface area contributed by atoms with E-state index in [2.05, 4.69) is 5.32 Å². The Kier molecular flexibility index (Phi) is 9.64. The fraction of sp³-hybridized carbons (Fsp3) is 0.364. The van der Waals surface area contributed by atoms with Crippen LogP contribution in [0.3, 0.4) is 0 Å². The van der Waals surface area contributed by atoms with Gasteiger partial charge in [0.15, 0.2) is 0 Å². The monoisotopic (exact) mass is 481 g/mol. The summed E-state index contributed by atoms with van der Waals surface area (Å²) in [6.45, 7) is -0.187. The van der Waals surface area contributed by atoms with Gasteiger partial charge in [-0.2, -0.15) is 4.31 Å². The van der Waals surface area contributed by atoms with Crippen LogP contribution < -0.4 is 5.32 Å². The van der Waals surface area contributed by atoms with Crippen molar-refractivity contribution < 1.29 is 23.1 Å². The first-order valence-corrected chi connectivity index (χ1v) is 12.2. The van der Waals surface area contributed by atoms with Gasteiger partial charge in [-0.3, -0.25) is 9.59 Å². The van der Waals surface area contributed by atoms with Crippen molar-refractivity contribution in [3.63, 3.8) is 0 Å². The third-order valence-electron chi connectivity index (χ3n) is 4.82. The van der Waals surface area contributed by atoms with Gasteiger partial charge in [-0.1, -0.05) is 54.1 Å². The van der Waals surface area contributed by atoms with Gasteiger partial charge in [0.1, 0.15) is 6.04 Å². The van der Waals surface area contributed by atoms with Crippen LogP contribution in [0.4, 0.5) is 0 Å². The molecule has 2 rings (SSSR count). The predicted molar refractivity (Wildman–Crippen MR) is 123 cm³/mol. The molecule has 0 aliphatic carbocycles. The highest BCUT2D eigenvalue weighted by molar-refractivity contribution is 7.88. The number of likely N-dealkylation sites (N-methyl/N-ethyl adjacent to an activating group) is 1. The maximum absolute atomic E-state index is 13.3. The van der Waals surface area contributed by atoms with Gasteiger partial charge in [0.25, 0.3) is 0 Å². The second-order valence-corrected chi connectivity index (χ2v) is 9.87. The quantitative estimate of drug-likeness (QED) is 0.476. The van der Waals surface area contributed by atoms with E-state index in [1.807, 2.05) is 0 Å². The van der Waals surface area contributed by atoms with E-state index in [1.54, 1.807) is 54.6 Å². The number of halogens is 1. The van der Waals surface area contributed by atoms with Crippen LogP contribution >= 0.6 is 11.6 Å². The average Bonchev–Trinajstić information content (AvgIpc) is 2.75. The van der Waals surface area contributed by atoms with Crippen LogP contribution in [-0.4, -0.2) is 67.5 Å². The zero-order valence-corrected chi connectivity index (χ0v) is 19.6. The Labute approximate surface area is 193 Å². The molecule has 0 spiro atoms. The molecule has 0 bridgehead atoms. The van der Waals surface area contributed by atoms with E-state index in [0.29, 0.717) is 17.0 Å². The van der Waals surface area contributed by atoms with Crippen LogP contribution in [0.1, 0.15) is 23.6 Å². The van der Waals surface area contributed by atoms with Crippen molar-refractivity contribution in [3.8, 4) is 0 Å². The molecule has 0 saturated carbocycles. The molecule has 0 heterocycles. The lowest BCUT2D eigenvalue weighted by Crippen LogP contribution is -2.47. The standard InChI is InChI=1S/C22H28ClN3O5S/c1-25(32(2,30)31)16-20(28)26(15-17-9-11-19(23)12-10-17)21(18-7-4-3-5-8-18)22(29)24-13-6-14-27/h3-5,7-12,21,27H,6,13-16H2,1-2H3,(H,24,29)/t21-/m1/s1. The summed E-state index contributed by atoms with van der Waals surface area (Å²) in [6, 6.07) is 14.6. The van der Waals surface area contributed by atoms with Crippen molar-refractivity contribution in [2.75, 3.05) is 33.0 Å². The highest BCUT2D eigenvalue weighted by atomic mass is 35.5. The lowest BCUT2D eigenvalue weighted by molar-refractivity contribution is -0.141. The largest absolute Gasteiger partial charge is 0.396 e. The van der Waals surface area contributed by atoms with Gasteiger partial charge in [-0.15, -0.1) is 0 Å². The average molecular weight is 482 g/mol. The third-order valence-corrected chi connectivity index (χ3v) is 6.33. The van der Waals surface area contributed by atoms with Gasteiger partial charge in [0.05, 0.1) is 12.8 Å². The SMILES string of the molecule is CN(CC(=O)N(Cc1ccc(Cl)cc1)[C@@H](C(=O)NCCCO)c1ccccc1)S(C)(=O)=O. The summed E-state index contributed by atoms with van der Waals surface area (Å²) in [7, 11) is -2.29. The Morgan fingerprint density at radius 2 is 1.72 bits per heavy atom. The van der Waals surface area contributed by atoms with E-state index in [0.717, 1.165) is 16.1 Å². The Balaban J connectivity index is 2.45. The van der Waals surface area contributed by atoms with Crippen LogP contribution in [0.2, 0.25) is 5.02 Å². The smallest absolute Gasteiger partial charge is 0.247 e. The van der Waals surface area contributed by atoms with Gasteiger partial charge < -0.3 is 15.3 Å². The normalized spacial score (nSPS) is 12.4. The van der Waals surface area contributed by atoms with E-state index in [9.17, 15) is 18.0 Å². The molecule has 0 saturated heterocycles. The van der Waals surface area contributed by atoms with Gasteiger partial charge in [-0.05, 0) is 29.7 Å². The lowest BCUT2D eigenvalue weighted by Gasteiger charge is -2.32. The fourth-order valence-corrected chi connectivity index (χ4v) is 3.47. The molecular formula is C22H28ClN3O5S. The van der Waals surface area contributed by atoms with Gasteiger partial charge >= 0.3 is 0 Å². The highest BCUT2D eigenvalue weighted by Gasteiger charge is 2.32. The van der Waals surface area contributed by atoms with Crippen molar-refractivity contribution >= 4 is 33.4 Å². The summed E-state index contributed by atoms with van der Waals surface area (Å²) < 4.78 is 24.7. The molecule has 1 atom stereocenters. The number of nitrogens with zero attached hydrogens (tertiary/aromatic N) is 2. The molecular weight excluding hydrogens is 454 g/mol. The number of sulfonamides is 1. The first-order valence-electron chi connectivity index (χ1n) is 10.0. The van der Waals surface area contributed by atoms with Crippen LogP contribution in [0.25, 0.3) is 0 Å². The molecule has 10 heteroatoms. The minimum Gasteiger partial charge on any atom is -0.396 e. The van der Waals surface area contributed by atoms with Crippen molar-refractivity contribution in [1.82, 2.24) is 14.5 Å². The van der Waals surface area contributed by atoms with E-state index in [4.69, 9.17) is 16.7 Å². The molecule has 2 N–H and O–H groups in total. The number of amides is 2. The van der Waals surface area contributed by atoms with Crippen LogP contribution in [-0.2, 0) is 26.2 Å². The molecule has 32 heavy (non-hydrogen) atoms. The minimum absolute atomic E-state index is 0.0700. The number of hydrogen-bond acceptors (Lipinski definition) is 5. The van der Waals surface area contributed by atoms with Gasteiger partial charge in [0, 0.05) is 31.8 Å². The number of carbonyl (C=O) groups is 2. The topological polar surface area (TPSA) is 107 Å².